The van der Waals surface area contributed by atoms with E-state index in [2.05, 4.69) is 35.1 Å². The van der Waals surface area contributed by atoms with E-state index >= 15 is 0 Å². The Morgan fingerprint density at radius 2 is 2.06 bits per heavy atom. The van der Waals surface area contributed by atoms with E-state index in [0.717, 1.165) is 4.47 Å². The SMILES string of the molecule is CSC(C)(C)CNC(=O)c1ccccc1Br. The molecule has 0 spiro atoms. The molecule has 0 bridgehead atoms. The Morgan fingerprint density at radius 1 is 1.44 bits per heavy atom. The van der Waals surface area contributed by atoms with E-state index < -0.39 is 0 Å². The van der Waals surface area contributed by atoms with Gasteiger partial charge in [0.2, 0.25) is 0 Å². The van der Waals surface area contributed by atoms with Crippen LogP contribution in [0.25, 0.3) is 0 Å². The van der Waals surface area contributed by atoms with Crippen LogP contribution in [-0.4, -0.2) is 23.5 Å². The molecule has 88 valence electrons. The van der Waals surface area contributed by atoms with Crippen LogP contribution in [-0.2, 0) is 0 Å². The van der Waals surface area contributed by atoms with E-state index in [9.17, 15) is 4.79 Å². The minimum atomic E-state index is -0.0328. The van der Waals surface area contributed by atoms with E-state index in [1.807, 2.05) is 30.5 Å². The average molecular weight is 302 g/mol. The molecule has 0 aliphatic rings. The number of nitrogens with one attached hydrogen (secondary N) is 1. The van der Waals surface area contributed by atoms with Crippen LogP contribution in [0.15, 0.2) is 28.7 Å². The standard InChI is InChI=1S/C12H16BrNOS/c1-12(2,16-3)8-14-11(15)9-6-4-5-7-10(9)13/h4-7H,8H2,1-3H3,(H,14,15). The van der Waals surface area contributed by atoms with Crippen molar-refractivity contribution in [2.75, 3.05) is 12.8 Å². The third-order valence-electron chi connectivity index (χ3n) is 2.35. The fourth-order valence-corrected chi connectivity index (χ4v) is 1.79. The van der Waals surface area contributed by atoms with Gasteiger partial charge in [-0.05, 0) is 48.2 Å². The molecule has 0 aliphatic carbocycles. The summed E-state index contributed by atoms with van der Waals surface area (Å²) in [5, 5.41) is 2.94. The quantitative estimate of drug-likeness (QED) is 0.924. The monoisotopic (exact) mass is 301 g/mol. The highest BCUT2D eigenvalue weighted by Gasteiger charge is 2.18. The summed E-state index contributed by atoms with van der Waals surface area (Å²) in [6, 6.07) is 7.44. The molecule has 1 amide bonds. The van der Waals surface area contributed by atoms with Gasteiger partial charge in [-0.1, -0.05) is 12.1 Å². The summed E-state index contributed by atoms with van der Waals surface area (Å²) in [6.45, 7) is 4.88. The maximum absolute atomic E-state index is 11.9. The number of carbonyl (C=O) groups is 1. The van der Waals surface area contributed by atoms with Crippen molar-refractivity contribution in [3.63, 3.8) is 0 Å². The lowest BCUT2D eigenvalue weighted by molar-refractivity contribution is 0.0950. The summed E-state index contributed by atoms with van der Waals surface area (Å²) < 4.78 is 0.895. The van der Waals surface area contributed by atoms with Crippen molar-refractivity contribution in [3.05, 3.63) is 34.3 Å². The van der Waals surface area contributed by atoms with Crippen molar-refractivity contribution in [1.29, 1.82) is 0 Å². The second kappa shape index (κ2) is 5.73. The van der Waals surface area contributed by atoms with Gasteiger partial charge in [-0.25, -0.2) is 0 Å². The van der Waals surface area contributed by atoms with Crippen LogP contribution in [0.3, 0.4) is 0 Å². The smallest absolute Gasteiger partial charge is 0.252 e. The van der Waals surface area contributed by atoms with Gasteiger partial charge < -0.3 is 5.32 Å². The number of halogens is 1. The predicted octanol–water partition coefficient (Wildman–Crippen LogP) is 3.32. The van der Waals surface area contributed by atoms with Gasteiger partial charge in [0, 0.05) is 15.8 Å². The summed E-state index contributed by atoms with van der Waals surface area (Å²) in [4.78, 5) is 11.9. The van der Waals surface area contributed by atoms with Crippen molar-refractivity contribution in [2.24, 2.45) is 0 Å². The number of carbonyl (C=O) groups excluding carboxylic acids is 1. The van der Waals surface area contributed by atoms with Crippen molar-refractivity contribution in [3.8, 4) is 0 Å². The minimum absolute atomic E-state index is 0.0328. The second-order valence-corrected chi connectivity index (χ2v) is 6.49. The number of thioether (sulfide) groups is 1. The molecule has 0 fully saturated rings. The van der Waals surface area contributed by atoms with Crippen molar-refractivity contribution >= 4 is 33.6 Å². The van der Waals surface area contributed by atoms with E-state index in [1.54, 1.807) is 11.8 Å². The maximum atomic E-state index is 11.9. The molecule has 0 heterocycles. The zero-order chi connectivity index (χ0) is 12.2. The maximum Gasteiger partial charge on any atom is 0.252 e. The molecule has 1 N–H and O–H groups in total. The number of benzene rings is 1. The van der Waals surface area contributed by atoms with Gasteiger partial charge in [0.05, 0.1) is 5.56 Å². The molecule has 0 aromatic heterocycles. The highest BCUT2D eigenvalue weighted by Crippen LogP contribution is 2.20. The molecule has 0 atom stereocenters. The third kappa shape index (κ3) is 3.83. The number of hydrogen-bond donors (Lipinski definition) is 1. The molecular weight excluding hydrogens is 286 g/mol. The first-order chi connectivity index (χ1) is 7.46. The molecule has 2 nitrogen and oxygen atoms in total. The molecule has 0 saturated carbocycles. The van der Waals surface area contributed by atoms with E-state index in [4.69, 9.17) is 0 Å². The zero-order valence-electron chi connectivity index (χ0n) is 9.71. The van der Waals surface area contributed by atoms with Gasteiger partial charge in [-0.2, -0.15) is 11.8 Å². The van der Waals surface area contributed by atoms with Crippen LogP contribution < -0.4 is 5.32 Å². The molecular formula is C12H16BrNOS. The summed E-state index contributed by atoms with van der Waals surface area (Å²) in [5.74, 6) is -0.0328. The third-order valence-corrected chi connectivity index (χ3v) is 4.29. The molecule has 1 aromatic carbocycles. The van der Waals surface area contributed by atoms with Crippen molar-refractivity contribution in [1.82, 2.24) is 5.32 Å². The topological polar surface area (TPSA) is 29.1 Å². The Kier molecular flexibility index (Phi) is 4.87. The van der Waals surface area contributed by atoms with Crippen LogP contribution >= 0.6 is 27.7 Å². The Hall–Kier alpha value is -0.480. The van der Waals surface area contributed by atoms with E-state index in [1.165, 1.54) is 0 Å². The van der Waals surface area contributed by atoms with Crippen LogP contribution in [0, 0.1) is 0 Å². The lowest BCUT2D eigenvalue weighted by Crippen LogP contribution is -2.36. The highest BCUT2D eigenvalue weighted by molar-refractivity contribution is 9.10. The zero-order valence-corrected chi connectivity index (χ0v) is 12.1. The highest BCUT2D eigenvalue weighted by atomic mass is 79.9. The number of hydrogen-bond acceptors (Lipinski definition) is 2. The Labute approximate surface area is 109 Å². The Bertz CT molecular complexity index is 379. The van der Waals surface area contributed by atoms with Gasteiger partial charge in [-0.15, -0.1) is 0 Å². The molecule has 0 aliphatic heterocycles. The Balaban J connectivity index is 2.64. The van der Waals surface area contributed by atoms with Gasteiger partial charge >= 0.3 is 0 Å². The molecule has 0 saturated heterocycles. The summed E-state index contributed by atoms with van der Waals surface area (Å²) in [5.41, 5.74) is 0.680. The minimum Gasteiger partial charge on any atom is -0.351 e. The van der Waals surface area contributed by atoms with Crippen LogP contribution in [0.1, 0.15) is 24.2 Å². The number of amides is 1. The molecule has 0 radical (unpaired) electrons. The van der Waals surface area contributed by atoms with Crippen molar-refractivity contribution < 1.29 is 4.79 Å². The largest absolute Gasteiger partial charge is 0.351 e. The first-order valence-corrected chi connectivity index (χ1v) is 7.06. The molecule has 1 aromatic rings. The van der Waals surface area contributed by atoms with Gasteiger partial charge in [0.15, 0.2) is 0 Å². The number of rotatable bonds is 4. The van der Waals surface area contributed by atoms with E-state index in [0.29, 0.717) is 12.1 Å². The van der Waals surface area contributed by atoms with Crippen LogP contribution in [0.5, 0.6) is 0 Å². The summed E-state index contributed by atoms with van der Waals surface area (Å²) in [7, 11) is 0. The Morgan fingerprint density at radius 3 is 2.62 bits per heavy atom. The first-order valence-electron chi connectivity index (χ1n) is 5.04. The lowest BCUT2D eigenvalue weighted by atomic mass is 10.2. The molecule has 1 rings (SSSR count). The predicted molar refractivity (Wildman–Crippen MR) is 74.1 cm³/mol. The normalized spacial score (nSPS) is 11.2. The summed E-state index contributed by atoms with van der Waals surface area (Å²) in [6.07, 6.45) is 2.05. The summed E-state index contributed by atoms with van der Waals surface area (Å²) >= 11 is 5.11. The van der Waals surface area contributed by atoms with E-state index in [-0.39, 0.29) is 10.7 Å². The molecule has 0 unspecified atom stereocenters. The lowest BCUT2D eigenvalue weighted by Gasteiger charge is -2.22. The van der Waals surface area contributed by atoms with Crippen LogP contribution in [0.2, 0.25) is 0 Å². The van der Waals surface area contributed by atoms with Crippen molar-refractivity contribution in [2.45, 2.75) is 18.6 Å². The fraction of sp³-hybridized carbons (Fsp3) is 0.417. The van der Waals surface area contributed by atoms with Crippen LogP contribution in [0.4, 0.5) is 0 Å². The van der Waals surface area contributed by atoms with Gasteiger partial charge in [0.1, 0.15) is 0 Å². The second-order valence-electron chi connectivity index (χ2n) is 4.13. The molecule has 16 heavy (non-hydrogen) atoms. The van der Waals surface area contributed by atoms with Gasteiger partial charge in [-0.3, -0.25) is 4.79 Å². The average Bonchev–Trinajstić information content (AvgIpc) is 2.27. The van der Waals surface area contributed by atoms with Gasteiger partial charge in [0.25, 0.3) is 5.91 Å². The molecule has 4 heteroatoms. The first kappa shape index (κ1) is 13.6. The fourth-order valence-electron chi connectivity index (χ4n) is 1.11.